The van der Waals surface area contributed by atoms with Gasteiger partial charge in [0, 0.05) is 0 Å². The van der Waals surface area contributed by atoms with Gasteiger partial charge in [-0.25, -0.2) is 4.79 Å². The van der Waals surface area contributed by atoms with Crippen LogP contribution in [0.5, 0.6) is 0 Å². The summed E-state index contributed by atoms with van der Waals surface area (Å²) in [6, 6.07) is 19.2. The van der Waals surface area contributed by atoms with Crippen LogP contribution in [0.15, 0.2) is 71.3 Å². The lowest BCUT2D eigenvalue weighted by Crippen LogP contribution is -2.44. The van der Waals surface area contributed by atoms with Gasteiger partial charge in [0.1, 0.15) is 5.54 Å². The quantitative estimate of drug-likeness (QED) is 0.624. The molecule has 3 rings (SSSR count). The fourth-order valence-corrected chi connectivity index (χ4v) is 2.98. The smallest absolute Gasteiger partial charge is 0.322 e. The Morgan fingerprint density at radius 1 is 1.07 bits per heavy atom. The minimum Gasteiger partial charge on any atom is -0.322 e. The summed E-state index contributed by atoms with van der Waals surface area (Å²) in [6.07, 6.45) is 4.70. The fraction of sp³-hybridized carbons (Fsp3) is 0.227. The van der Waals surface area contributed by atoms with E-state index in [0.29, 0.717) is 12.8 Å². The first-order valence-electron chi connectivity index (χ1n) is 8.96. The van der Waals surface area contributed by atoms with E-state index in [2.05, 4.69) is 10.4 Å². The molecule has 0 bridgehead atoms. The Morgan fingerprint density at radius 2 is 1.70 bits per heavy atom. The summed E-state index contributed by atoms with van der Waals surface area (Å²) < 4.78 is 0. The number of benzene rings is 2. The number of hydrogen-bond acceptors (Lipinski definition) is 3. The van der Waals surface area contributed by atoms with Crippen molar-refractivity contribution in [3.05, 3.63) is 77.4 Å². The van der Waals surface area contributed by atoms with E-state index in [0.717, 1.165) is 21.7 Å². The number of aryl methyl sites for hydroxylation is 1. The second-order valence-corrected chi connectivity index (χ2v) is 6.91. The molecule has 0 radical (unpaired) electrons. The zero-order chi connectivity index (χ0) is 19.3. The molecule has 0 unspecified atom stereocenters. The van der Waals surface area contributed by atoms with Crippen molar-refractivity contribution in [3.8, 4) is 0 Å². The van der Waals surface area contributed by atoms with E-state index >= 15 is 0 Å². The maximum atomic E-state index is 12.7. The molecule has 1 saturated heterocycles. The number of urea groups is 1. The first-order chi connectivity index (χ1) is 13.0. The van der Waals surface area contributed by atoms with E-state index in [1.54, 1.807) is 6.92 Å². The van der Waals surface area contributed by atoms with Crippen molar-refractivity contribution in [2.24, 2.45) is 5.10 Å². The van der Waals surface area contributed by atoms with Gasteiger partial charge in [0.15, 0.2) is 0 Å². The van der Waals surface area contributed by atoms with Gasteiger partial charge in [-0.2, -0.15) is 5.10 Å². The third-order valence-electron chi connectivity index (χ3n) is 4.57. The maximum Gasteiger partial charge on any atom is 0.346 e. The molecule has 1 atom stereocenters. The van der Waals surface area contributed by atoms with Crippen molar-refractivity contribution in [3.63, 3.8) is 0 Å². The number of imide groups is 1. The standard InChI is InChI=1S/C22H23N3O2/c1-17(15-19-11-7-4-8-12-19)16-23-25-20(26)22(2,24-21(25)27)14-13-18-9-5-3-6-10-18/h3-12,15-16H,13-14H2,1-2H3,(H,24,27)/b17-15+,23-16-/t22-/m0/s1. The van der Waals surface area contributed by atoms with Gasteiger partial charge in [0.25, 0.3) is 5.91 Å². The van der Waals surface area contributed by atoms with Crippen molar-refractivity contribution < 1.29 is 9.59 Å². The summed E-state index contributed by atoms with van der Waals surface area (Å²) in [5.74, 6) is -0.327. The number of carbonyl (C=O) groups excluding carboxylic acids is 2. The lowest BCUT2D eigenvalue weighted by atomic mass is 9.93. The largest absolute Gasteiger partial charge is 0.346 e. The minimum absolute atomic E-state index is 0.327. The van der Waals surface area contributed by atoms with E-state index < -0.39 is 11.6 Å². The summed E-state index contributed by atoms with van der Waals surface area (Å²) in [5.41, 5.74) is 2.07. The summed E-state index contributed by atoms with van der Waals surface area (Å²) >= 11 is 0. The second-order valence-electron chi connectivity index (χ2n) is 6.91. The monoisotopic (exact) mass is 361 g/mol. The Bertz CT molecular complexity index is 875. The van der Waals surface area contributed by atoms with Crippen LogP contribution in [0.1, 0.15) is 31.4 Å². The van der Waals surface area contributed by atoms with Crippen LogP contribution in [0.4, 0.5) is 4.79 Å². The SMILES string of the molecule is CC(/C=N\N1C(=O)N[C@@](C)(CCc2ccccc2)C1=O)=C\c1ccccc1. The third-order valence-corrected chi connectivity index (χ3v) is 4.57. The zero-order valence-electron chi connectivity index (χ0n) is 15.6. The highest BCUT2D eigenvalue weighted by molar-refractivity contribution is 6.07. The molecular formula is C22H23N3O2. The third kappa shape index (κ3) is 4.50. The highest BCUT2D eigenvalue weighted by Gasteiger charge is 2.47. The summed E-state index contributed by atoms with van der Waals surface area (Å²) in [4.78, 5) is 25.0. The average molecular weight is 361 g/mol. The molecule has 0 aromatic heterocycles. The van der Waals surface area contributed by atoms with Gasteiger partial charge in [0.05, 0.1) is 6.21 Å². The van der Waals surface area contributed by atoms with Crippen molar-refractivity contribution in [2.45, 2.75) is 32.2 Å². The first-order valence-corrected chi connectivity index (χ1v) is 8.96. The van der Waals surface area contributed by atoms with Crippen LogP contribution >= 0.6 is 0 Å². The number of rotatable bonds is 6. The van der Waals surface area contributed by atoms with Crippen molar-refractivity contribution in [1.29, 1.82) is 0 Å². The van der Waals surface area contributed by atoms with Gasteiger partial charge >= 0.3 is 6.03 Å². The molecule has 1 aliphatic rings. The van der Waals surface area contributed by atoms with Crippen molar-refractivity contribution in [1.82, 2.24) is 10.3 Å². The lowest BCUT2D eigenvalue weighted by molar-refractivity contribution is -0.130. The molecule has 5 nitrogen and oxygen atoms in total. The van der Waals surface area contributed by atoms with Gasteiger partial charge in [-0.15, -0.1) is 5.01 Å². The number of amides is 3. The Balaban J connectivity index is 1.67. The molecule has 2 aromatic rings. The Morgan fingerprint density at radius 3 is 2.37 bits per heavy atom. The molecule has 1 heterocycles. The zero-order valence-corrected chi connectivity index (χ0v) is 15.6. The normalized spacial score (nSPS) is 20.4. The molecule has 2 aromatic carbocycles. The summed E-state index contributed by atoms with van der Waals surface area (Å²) in [6.45, 7) is 3.63. The molecule has 1 fully saturated rings. The van der Waals surface area contributed by atoms with Crippen LogP contribution < -0.4 is 5.32 Å². The van der Waals surface area contributed by atoms with Crippen LogP contribution in [-0.4, -0.2) is 28.7 Å². The molecule has 5 heteroatoms. The van der Waals surface area contributed by atoms with E-state index in [-0.39, 0.29) is 5.91 Å². The number of carbonyl (C=O) groups is 2. The van der Waals surface area contributed by atoms with Gasteiger partial charge in [-0.3, -0.25) is 4.79 Å². The van der Waals surface area contributed by atoms with Crippen molar-refractivity contribution >= 4 is 24.2 Å². The molecule has 0 aliphatic carbocycles. The molecule has 27 heavy (non-hydrogen) atoms. The molecule has 0 saturated carbocycles. The molecule has 0 spiro atoms. The fourth-order valence-electron chi connectivity index (χ4n) is 2.98. The van der Waals surface area contributed by atoms with Gasteiger partial charge in [-0.1, -0.05) is 66.7 Å². The number of hydrazone groups is 1. The van der Waals surface area contributed by atoms with E-state index in [4.69, 9.17) is 0 Å². The van der Waals surface area contributed by atoms with Gasteiger partial charge < -0.3 is 5.32 Å². The molecule has 3 amide bonds. The van der Waals surface area contributed by atoms with E-state index in [9.17, 15) is 9.59 Å². The molecule has 138 valence electrons. The number of nitrogens with zero attached hydrogens (tertiary/aromatic N) is 2. The number of hydrogen-bond donors (Lipinski definition) is 1. The molecule has 1 N–H and O–H groups in total. The Labute approximate surface area is 159 Å². The van der Waals surface area contributed by atoms with Crippen LogP contribution in [0.3, 0.4) is 0 Å². The lowest BCUT2D eigenvalue weighted by Gasteiger charge is -2.20. The molecular weight excluding hydrogens is 338 g/mol. The number of allylic oxidation sites excluding steroid dienone is 1. The predicted molar refractivity (Wildman–Crippen MR) is 107 cm³/mol. The average Bonchev–Trinajstić information content (AvgIpc) is 2.89. The Hall–Kier alpha value is -3.21. The second kappa shape index (κ2) is 7.99. The van der Waals surface area contributed by atoms with Gasteiger partial charge in [0.2, 0.25) is 0 Å². The van der Waals surface area contributed by atoms with Crippen LogP contribution in [0.2, 0.25) is 0 Å². The summed E-state index contributed by atoms with van der Waals surface area (Å²) in [5, 5.41) is 7.81. The topological polar surface area (TPSA) is 61.8 Å². The predicted octanol–water partition coefficient (Wildman–Crippen LogP) is 4.02. The Kier molecular flexibility index (Phi) is 5.50. The minimum atomic E-state index is -0.943. The summed E-state index contributed by atoms with van der Waals surface area (Å²) in [7, 11) is 0. The number of nitrogens with one attached hydrogen (secondary N) is 1. The van der Waals surface area contributed by atoms with Crippen LogP contribution in [0, 0.1) is 0 Å². The first kappa shape index (κ1) is 18.6. The maximum absolute atomic E-state index is 12.7. The van der Waals surface area contributed by atoms with Crippen LogP contribution in [0.25, 0.3) is 6.08 Å². The van der Waals surface area contributed by atoms with Crippen molar-refractivity contribution in [2.75, 3.05) is 0 Å². The van der Waals surface area contributed by atoms with Gasteiger partial charge in [-0.05, 0) is 43.4 Å². The van der Waals surface area contributed by atoms with E-state index in [1.807, 2.05) is 73.7 Å². The highest BCUT2D eigenvalue weighted by atomic mass is 16.2. The van der Waals surface area contributed by atoms with Crippen LogP contribution in [-0.2, 0) is 11.2 Å². The highest BCUT2D eigenvalue weighted by Crippen LogP contribution is 2.23. The van der Waals surface area contributed by atoms with E-state index in [1.165, 1.54) is 6.21 Å². The molecule has 1 aliphatic heterocycles.